The number of hydrogen-bond acceptors (Lipinski definition) is 5. The van der Waals surface area contributed by atoms with Gasteiger partial charge in [0.2, 0.25) is 0 Å². The van der Waals surface area contributed by atoms with Gasteiger partial charge >= 0.3 is 0 Å². The van der Waals surface area contributed by atoms with Crippen molar-refractivity contribution >= 4 is 34.7 Å². The molecule has 1 rings (SSSR count). The van der Waals surface area contributed by atoms with Crippen molar-refractivity contribution in [2.45, 2.75) is 11.4 Å². The van der Waals surface area contributed by atoms with E-state index in [2.05, 4.69) is 10.6 Å². The number of sulfone groups is 1. The molecule has 1 aliphatic rings. The number of halogens is 2. The van der Waals surface area contributed by atoms with Crippen LogP contribution in [0.5, 0.6) is 0 Å². The lowest BCUT2D eigenvalue weighted by molar-refractivity contribution is 0.271. The van der Waals surface area contributed by atoms with Crippen molar-refractivity contribution in [2.24, 2.45) is 0 Å². The van der Waals surface area contributed by atoms with Gasteiger partial charge in [-0.1, -0.05) is 0 Å². The van der Waals surface area contributed by atoms with Crippen LogP contribution in [0.25, 0.3) is 0 Å². The summed E-state index contributed by atoms with van der Waals surface area (Å²) >= 11 is 0. The van der Waals surface area contributed by atoms with Crippen LogP contribution in [0.3, 0.4) is 0 Å². The first-order valence-electron chi connectivity index (χ1n) is 4.72. The lowest BCUT2D eigenvalue weighted by atomic mass is 10.2. The van der Waals surface area contributed by atoms with E-state index in [1.54, 1.807) is 19.0 Å². The van der Waals surface area contributed by atoms with Gasteiger partial charge in [0.25, 0.3) is 0 Å². The number of rotatable bonds is 3. The normalized spacial score (nSPS) is 23.1. The third-order valence-electron chi connectivity index (χ3n) is 2.36. The highest BCUT2D eigenvalue weighted by Crippen LogP contribution is 2.09. The first kappa shape index (κ1) is 18.8. The van der Waals surface area contributed by atoms with E-state index in [-0.39, 0.29) is 30.9 Å². The topological polar surface area (TPSA) is 61.4 Å². The summed E-state index contributed by atoms with van der Waals surface area (Å²) in [6.07, 6.45) is 1.29. The molecule has 0 saturated carbocycles. The highest BCUT2D eigenvalue weighted by atomic mass is 35.5. The average Bonchev–Trinajstić information content (AvgIpc) is 2.02. The van der Waals surface area contributed by atoms with E-state index in [0.717, 1.165) is 13.1 Å². The number of likely N-dealkylation sites (N-methyl/N-ethyl adjacent to an activating group) is 1. The van der Waals surface area contributed by atoms with Crippen LogP contribution < -0.4 is 10.6 Å². The van der Waals surface area contributed by atoms with Crippen LogP contribution >= 0.6 is 24.8 Å². The highest BCUT2D eigenvalue weighted by Gasteiger charge is 2.32. The van der Waals surface area contributed by atoms with Crippen molar-refractivity contribution in [3.63, 3.8) is 0 Å². The quantitative estimate of drug-likeness (QED) is 0.722. The molecule has 0 aromatic rings. The predicted octanol–water partition coefficient (Wildman–Crippen LogP) is -0.676. The Morgan fingerprint density at radius 3 is 2.12 bits per heavy atom. The Hall–Kier alpha value is 0.410. The van der Waals surface area contributed by atoms with Crippen LogP contribution in [0.15, 0.2) is 0 Å². The van der Waals surface area contributed by atoms with Crippen molar-refractivity contribution in [1.29, 1.82) is 0 Å². The van der Waals surface area contributed by atoms with E-state index >= 15 is 0 Å². The van der Waals surface area contributed by atoms with Crippen LogP contribution in [0.4, 0.5) is 0 Å². The van der Waals surface area contributed by atoms with Crippen molar-refractivity contribution in [1.82, 2.24) is 15.5 Å². The van der Waals surface area contributed by atoms with Gasteiger partial charge in [-0.25, -0.2) is 8.42 Å². The fraction of sp³-hybridized carbons (Fsp3) is 1.00. The standard InChI is InChI=1S/C8H19N3O2S.2ClH/c1-11(2)8(14(3,12)13)7-6-9-4-5-10-7;;/h7-10H,4-6H2,1-3H3;2*1H. The van der Waals surface area contributed by atoms with Gasteiger partial charge in [0.1, 0.15) is 5.37 Å². The zero-order valence-electron chi connectivity index (χ0n) is 9.76. The lowest BCUT2D eigenvalue weighted by Gasteiger charge is -2.34. The van der Waals surface area contributed by atoms with Gasteiger partial charge in [-0.05, 0) is 14.1 Å². The molecule has 5 nitrogen and oxygen atoms in total. The molecule has 0 amide bonds. The molecule has 0 spiro atoms. The molecule has 0 bridgehead atoms. The molecule has 2 atom stereocenters. The van der Waals surface area contributed by atoms with Crippen molar-refractivity contribution in [2.75, 3.05) is 40.0 Å². The van der Waals surface area contributed by atoms with Crippen molar-refractivity contribution < 1.29 is 8.42 Å². The Balaban J connectivity index is 0. The van der Waals surface area contributed by atoms with Crippen LogP contribution in [0, 0.1) is 0 Å². The average molecular weight is 294 g/mol. The second-order valence-electron chi connectivity index (χ2n) is 3.95. The monoisotopic (exact) mass is 293 g/mol. The zero-order chi connectivity index (χ0) is 10.8. The van der Waals surface area contributed by atoms with Crippen LogP contribution in [0.2, 0.25) is 0 Å². The molecule has 2 unspecified atom stereocenters. The number of hydrogen-bond donors (Lipinski definition) is 2. The fourth-order valence-electron chi connectivity index (χ4n) is 1.92. The molecule has 1 fully saturated rings. The Kier molecular flexibility index (Phi) is 9.01. The predicted molar refractivity (Wildman–Crippen MR) is 71.5 cm³/mol. The Bertz CT molecular complexity index is 279. The number of nitrogens with zero attached hydrogens (tertiary/aromatic N) is 1. The molecule has 2 N–H and O–H groups in total. The summed E-state index contributed by atoms with van der Waals surface area (Å²) in [6.45, 7) is 2.43. The minimum Gasteiger partial charge on any atom is -0.314 e. The number of piperazine rings is 1. The van der Waals surface area contributed by atoms with E-state index in [9.17, 15) is 8.42 Å². The van der Waals surface area contributed by atoms with Gasteiger partial charge in [-0.3, -0.25) is 4.90 Å². The second kappa shape index (κ2) is 7.68. The third-order valence-corrected chi connectivity index (χ3v) is 3.99. The van der Waals surface area contributed by atoms with E-state index in [1.807, 2.05) is 0 Å². The first-order valence-corrected chi connectivity index (χ1v) is 6.68. The van der Waals surface area contributed by atoms with Crippen molar-refractivity contribution in [3.8, 4) is 0 Å². The minimum atomic E-state index is -3.04. The van der Waals surface area contributed by atoms with Gasteiger partial charge < -0.3 is 10.6 Å². The van der Waals surface area contributed by atoms with Crippen molar-refractivity contribution in [3.05, 3.63) is 0 Å². The molecule has 1 saturated heterocycles. The summed E-state index contributed by atoms with van der Waals surface area (Å²) in [5.41, 5.74) is 0. The van der Waals surface area contributed by atoms with E-state index < -0.39 is 15.2 Å². The van der Waals surface area contributed by atoms with Gasteiger partial charge in [-0.2, -0.15) is 0 Å². The smallest absolute Gasteiger partial charge is 0.165 e. The summed E-state index contributed by atoms with van der Waals surface area (Å²) in [7, 11) is 0.547. The molecule has 16 heavy (non-hydrogen) atoms. The molecule has 100 valence electrons. The van der Waals surface area contributed by atoms with Gasteiger partial charge in [0.15, 0.2) is 9.84 Å². The van der Waals surface area contributed by atoms with Crippen LogP contribution in [-0.4, -0.2) is 64.7 Å². The SMILES string of the molecule is CN(C)C(C1CNCCN1)S(C)(=O)=O.Cl.Cl. The summed E-state index contributed by atoms with van der Waals surface area (Å²) in [4.78, 5) is 1.75. The Labute approximate surface area is 110 Å². The Morgan fingerprint density at radius 1 is 1.25 bits per heavy atom. The summed E-state index contributed by atoms with van der Waals surface area (Å²) in [6, 6.07) is -0.0197. The Morgan fingerprint density at radius 2 is 1.81 bits per heavy atom. The molecule has 8 heteroatoms. The lowest BCUT2D eigenvalue weighted by Crippen LogP contribution is -2.59. The summed E-state index contributed by atoms with van der Waals surface area (Å²) in [5, 5.41) is 5.96. The summed E-state index contributed by atoms with van der Waals surface area (Å²) < 4.78 is 23.1. The highest BCUT2D eigenvalue weighted by molar-refractivity contribution is 7.91. The maximum atomic E-state index is 11.6. The van der Waals surface area contributed by atoms with Gasteiger partial charge in [-0.15, -0.1) is 24.8 Å². The number of nitrogens with one attached hydrogen (secondary N) is 2. The largest absolute Gasteiger partial charge is 0.314 e. The van der Waals surface area contributed by atoms with Crippen LogP contribution in [-0.2, 0) is 9.84 Å². The van der Waals surface area contributed by atoms with E-state index in [4.69, 9.17) is 0 Å². The molecular weight excluding hydrogens is 273 g/mol. The minimum absolute atomic E-state index is 0. The summed E-state index contributed by atoms with van der Waals surface area (Å²) in [5.74, 6) is 0. The molecule has 0 aliphatic carbocycles. The zero-order valence-corrected chi connectivity index (χ0v) is 12.2. The molecule has 0 aromatic carbocycles. The molecule has 0 radical (unpaired) electrons. The van der Waals surface area contributed by atoms with Crippen LogP contribution in [0.1, 0.15) is 0 Å². The van der Waals surface area contributed by atoms with E-state index in [1.165, 1.54) is 6.26 Å². The first-order chi connectivity index (χ1) is 6.43. The van der Waals surface area contributed by atoms with E-state index in [0.29, 0.717) is 6.54 Å². The molecule has 1 aliphatic heterocycles. The fourth-order valence-corrected chi connectivity index (χ4v) is 3.47. The molecule has 1 heterocycles. The second-order valence-corrected chi connectivity index (χ2v) is 6.09. The molecule has 0 aromatic heterocycles. The molecular formula is C8H21Cl2N3O2S. The van der Waals surface area contributed by atoms with Gasteiger partial charge in [0.05, 0.1) is 0 Å². The maximum absolute atomic E-state index is 11.6. The van der Waals surface area contributed by atoms with Gasteiger partial charge in [0, 0.05) is 31.9 Å². The third kappa shape index (κ3) is 5.16. The maximum Gasteiger partial charge on any atom is 0.165 e.